The summed E-state index contributed by atoms with van der Waals surface area (Å²) in [6, 6.07) is 18.1. The number of piperazine rings is 1. The lowest BCUT2D eigenvalue weighted by Gasteiger charge is -2.42. The first-order chi connectivity index (χ1) is 23.5. The van der Waals surface area contributed by atoms with Gasteiger partial charge in [-0.1, -0.05) is 48.0 Å². The van der Waals surface area contributed by atoms with Gasteiger partial charge in [0.05, 0.1) is 4.90 Å². The maximum atomic E-state index is 14.1. The second kappa shape index (κ2) is 15.2. The zero-order chi connectivity index (χ0) is 36.3. The van der Waals surface area contributed by atoms with Crippen LogP contribution in [-0.2, 0) is 26.1 Å². The first kappa shape index (κ1) is 37.4. The summed E-state index contributed by atoms with van der Waals surface area (Å²) in [6.07, 6.45) is -4.57. The molecule has 2 fully saturated rings. The smallest absolute Gasteiger partial charge is 0.444 e. The van der Waals surface area contributed by atoms with Gasteiger partial charge in [0, 0.05) is 50.3 Å². The van der Waals surface area contributed by atoms with E-state index in [0.29, 0.717) is 44.0 Å². The molecule has 0 saturated carbocycles. The van der Waals surface area contributed by atoms with Crippen molar-refractivity contribution >= 4 is 33.6 Å². The summed E-state index contributed by atoms with van der Waals surface area (Å²) in [5, 5.41) is 3.48. The van der Waals surface area contributed by atoms with Crippen molar-refractivity contribution in [1.82, 2.24) is 19.4 Å². The van der Waals surface area contributed by atoms with Crippen LogP contribution in [0.1, 0.15) is 39.2 Å². The Labute approximate surface area is 295 Å². The Morgan fingerprint density at radius 2 is 1.44 bits per heavy atom. The van der Waals surface area contributed by atoms with E-state index in [1.807, 2.05) is 53.4 Å². The molecular formula is C35H40ClF3N4O6S. The largest absolute Gasteiger partial charge is 0.573 e. The number of ether oxygens (including phenoxy) is 2. The van der Waals surface area contributed by atoms with Crippen molar-refractivity contribution in [3.05, 3.63) is 83.4 Å². The molecule has 0 unspecified atom stereocenters. The monoisotopic (exact) mass is 736 g/mol. The molecule has 270 valence electrons. The lowest BCUT2D eigenvalue weighted by atomic mass is 10.0. The SMILES string of the molecule is CC(C)(C)OC(=O)NC1CCN(C(=O)[C@H]2CN(Cc3ccc(-c4ccc(Cl)cc4)cc3)CCN2S(=O)(=O)c2ccc(OC(F)(F)F)cc2)CC1. The van der Waals surface area contributed by atoms with Gasteiger partial charge in [0.15, 0.2) is 0 Å². The number of halogens is 4. The van der Waals surface area contributed by atoms with Gasteiger partial charge in [-0.05, 0) is 86.7 Å². The number of likely N-dealkylation sites (tertiary alicyclic amines) is 1. The van der Waals surface area contributed by atoms with Crippen molar-refractivity contribution in [3.8, 4) is 16.9 Å². The van der Waals surface area contributed by atoms with Crippen LogP contribution in [0.3, 0.4) is 0 Å². The third kappa shape index (κ3) is 9.89. The van der Waals surface area contributed by atoms with Crippen molar-refractivity contribution in [2.24, 2.45) is 0 Å². The summed E-state index contributed by atoms with van der Waals surface area (Å²) in [5.41, 5.74) is 2.33. The number of nitrogens with zero attached hydrogens (tertiary/aromatic N) is 3. The average Bonchev–Trinajstić information content (AvgIpc) is 3.04. The van der Waals surface area contributed by atoms with E-state index in [1.165, 1.54) is 0 Å². The first-order valence-corrected chi connectivity index (χ1v) is 18.0. The van der Waals surface area contributed by atoms with Crippen molar-refractivity contribution < 1.29 is 40.7 Å². The highest BCUT2D eigenvalue weighted by atomic mass is 35.5. The van der Waals surface area contributed by atoms with Gasteiger partial charge in [0.2, 0.25) is 15.9 Å². The van der Waals surface area contributed by atoms with Gasteiger partial charge < -0.3 is 19.7 Å². The summed E-state index contributed by atoms with van der Waals surface area (Å²) in [5.74, 6) is -0.942. The third-order valence-corrected chi connectivity index (χ3v) is 10.6. The molecule has 10 nitrogen and oxygen atoms in total. The third-order valence-electron chi connectivity index (χ3n) is 8.43. The summed E-state index contributed by atoms with van der Waals surface area (Å²) in [6.45, 7) is 6.75. The predicted molar refractivity (Wildman–Crippen MR) is 182 cm³/mol. The number of carbonyl (C=O) groups is 2. The van der Waals surface area contributed by atoms with Crippen LogP contribution in [0.5, 0.6) is 5.75 Å². The molecule has 2 saturated heterocycles. The average molecular weight is 737 g/mol. The zero-order valence-electron chi connectivity index (χ0n) is 28.0. The molecule has 3 aromatic carbocycles. The highest BCUT2D eigenvalue weighted by molar-refractivity contribution is 7.89. The van der Waals surface area contributed by atoms with Crippen LogP contribution in [0.15, 0.2) is 77.7 Å². The van der Waals surface area contributed by atoms with Crippen LogP contribution in [-0.4, -0.2) is 91.3 Å². The highest BCUT2D eigenvalue weighted by Gasteiger charge is 2.42. The molecule has 2 amide bonds. The molecule has 0 radical (unpaired) electrons. The number of rotatable bonds is 8. The van der Waals surface area contributed by atoms with Crippen LogP contribution in [0.2, 0.25) is 5.02 Å². The summed E-state index contributed by atoms with van der Waals surface area (Å²) in [7, 11) is -4.30. The highest BCUT2D eigenvalue weighted by Crippen LogP contribution is 2.29. The Balaban J connectivity index is 1.32. The number of nitrogens with one attached hydrogen (secondary N) is 1. The Hall–Kier alpha value is -3.85. The minimum atomic E-state index is -4.93. The fraction of sp³-hybridized carbons (Fsp3) is 0.429. The van der Waals surface area contributed by atoms with E-state index >= 15 is 0 Å². The van der Waals surface area contributed by atoms with Crippen molar-refractivity contribution in [1.29, 1.82) is 0 Å². The number of piperidine rings is 1. The van der Waals surface area contributed by atoms with Crippen LogP contribution >= 0.6 is 11.6 Å². The molecule has 1 atom stereocenters. The van der Waals surface area contributed by atoms with Crippen molar-refractivity contribution in [3.63, 3.8) is 0 Å². The number of carbonyl (C=O) groups excluding carboxylic acids is 2. The number of benzene rings is 3. The number of alkyl carbamates (subject to hydrolysis) is 1. The molecule has 2 aliphatic rings. The van der Waals surface area contributed by atoms with E-state index in [4.69, 9.17) is 16.3 Å². The second-order valence-corrected chi connectivity index (χ2v) is 15.7. The van der Waals surface area contributed by atoms with Gasteiger partial charge in [0.1, 0.15) is 17.4 Å². The number of amides is 2. The van der Waals surface area contributed by atoms with E-state index in [0.717, 1.165) is 45.3 Å². The zero-order valence-corrected chi connectivity index (χ0v) is 29.5. The van der Waals surface area contributed by atoms with Crippen LogP contribution in [0.4, 0.5) is 18.0 Å². The second-order valence-electron chi connectivity index (χ2n) is 13.3. The molecule has 0 aliphatic carbocycles. The van der Waals surface area contributed by atoms with E-state index in [2.05, 4.69) is 10.1 Å². The molecule has 2 heterocycles. The molecule has 5 rings (SSSR count). The molecular weight excluding hydrogens is 697 g/mol. The minimum absolute atomic E-state index is 0.0148. The quantitative estimate of drug-likeness (QED) is 0.290. The van der Waals surface area contributed by atoms with E-state index in [9.17, 15) is 31.2 Å². The topological polar surface area (TPSA) is 108 Å². The van der Waals surface area contributed by atoms with Crippen LogP contribution < -0.4 is 10.1 Å². The van der Waals surface area contributed by atoms with Gasteiger partial charge in [0.25, 0.3) is 0 Å². The van der Waals surface area contributed by atoms with Gasteiger partial charge in [-0.3, -0.25) is 9.69 Å². The number of hydrogen-bond donors (Lipinski definition) is 1. The predicted octanol–water partition coefficient (Wildman–Crippen LogP) is 6.30. The van der Waals surface area contributed by atoms with Gasteiger partial charge in [-0.15, -0.1) is 13.2 Å². The van der Waals surface area contributed by atoms with E-state index in [1.54, 1.807) is 25.7 Å². The number of sulfonamides is 1. The standard InChI is InChI=1S/C35H40ClF3N4O6S/c1-34(2,3)49-33(45)40-28-16-18-42(19-17-28)32(44)31-23-41(22-24-4-6-25(7-5-24)26-8-10-27(36)11-9-26)20-21-43(31)50(46,47)30-14-12-29(13-15-30)48-35(37,38)39/h4-15,28,31H,16-23H2,1-3H3,(H,40,45)/t31-/m1/s1. The Bertz CT molecular complexity index is 1740. The maximum Gasteiger partial charge on any atom is 0.573 e. The van der Waals surface area contributed by atoms with Crippen molar-refractivity contribution in [2.75, 3.05) is 32.7 Å². The summed E-state index contributed by atoms with van der Waals surface area (Å²) in [4.78, 5) is 29.8. The molecule has 1 N–H and O–H groups in total. The fourth-order valence-electron chi connectivity index (χ4n) is 6.04. The Morgan fingerprint density at radius 3 is 2.00 bits per heavy atom. The summed E-state index contributed by atoms with van der Waals surface area (Å²) < 4.78 is 76.4. The number of hydrogen-bond acceptors (Lipinski definition) is 7. The summed E-state index contributed by atoms with van der Waals surface area (Å²) >= 11 is 6.02. The normalized spacial score (nSPS) is 18.5. The van der Waals surface area contributed by atoms with E-state index < -0.39 is 39.9 Å². The molecule has 15 heteroatoms. The Kier molecular flexibility index (Phi) is 11.4. The lowest BCUT2D eigenvalue weighted by Crippen LogP contribution is -2.61. The molecule has 0 spiro atoms. The van der Waals surface area contributed by atoms with Crippen LogP contribution in [0, 0.1) is 0 Å². The van der Waals surface area contributed by atoms with Gasteiger partial charge in [-0.2, -0.15) is 4.31 Å². The first-order valence-electron chi connectivity index (χ1n) is 16.2. The minimum Gasteiger partial charge on any atom is -0.444 e. The molecule has 0 bridgehead atoms. The van der Waals surface area contributed by atoms with Crippen molar-refractivity contribution in [2.45, 2.75) is 69.1 Å². The fourth-order valence-corrected chi connectivity index (χ4v) is 7.73. The lowest BCUT2D eigenvalue weighted by molar-refractivity contribution is -0.274. The molecule has 50 heavy (non-hydrogen) atoms. The molecule has 0 aromatic heterocycles. The molecule has 3 aromatic rings. The molecule has 2 aliphatic heterocycles. The number of alkyl halides is 3. The van der Waals surface area contributed by atoms with Crippen LogP contribution in [0.25, 0.3) is 11.1 Å². The Morgan fingerprint density at radius 1 is 0.860 bits per heavy atom. The van der Waals surface area contributed by atoms with Gasteiger partial charge in [-0.25, -0.2) is 13.2 Å². The van der Waals surface area contributed by atoms with Gasteiger partial charge >= 0.3 is 12.5 Å². The van der Waals surface area contributed by atoms with E-state index in [-0.39, 0.29) is 29.9 Å². The maximum absolute atomic E-state index is 14.1.